The summed E-state index contributed by atoms with van der Waals surface area (Å²) in [7, 11) is 0. The summed E-state index contributed by atoms with van der Waals surface area (Å²) < 4.78 is 10.3. The highest BCUT2D eigenvalue weighted by Crippen LogP contribution is 2.38. The molecule has 0 saturated carbocycles. The molecule has 0 atom stereocenters. The molecule has 0 fully saturated rings. The van der Waals surface area contributed by atoms with Crippen LogP contribution in [0.3, 0.4) is 0 Å². The summed E-state index contributed by atoms with van der Waals surface area (Å²) >= 11 is 6.02. The van der Waals surface area contributed by atoms with Crippen LogP contribution in [0.2, 0.25) is 5.02 Å². The summed E-state index contributed by atoms with van der Waals surface area (Å²) in [4.78, 5) is 23.1. The Hall–Kier alpha value is -3.57. The molecule has 0 aliphatic carbocycles. The number of hydrogen-bond acceptors (Lipinski definition) is 6. The molecule has 0 unspecified atom stereocenters. The van der Waals surface area contributed by atoms with Crippen LogP contribution in [0.5, 0.6) is 11.5 Å². The van der Waals surface area contributed by atoms with E-state index in [1.165, 1.54) is 12.1 Å². The molecule has 2 aromatic carbocycles. The lowest BCUT2D eigenvalue weighted by molar-refractivity contribution is -0.385. The van der Waals surface area contributed by atoms with Gasteiger partial charge in [-0.15, -0.1) is 0 Å². The lowest BCUT2D eigenvalue weighted by Crippen LogP contribution is -2.14. The van der Waals surface area contributed by atoms with Crippen molar-refractivity contribution in [3.05, 3.63) is 62.2 Å². The van der Waals surface area contributed by atoms with Gasteiger partial charge in [0.25, 0.3) is 11.6 Å². The predicted octanol–water partition coefficient (Wildman–Crippen LogP) is 3.83. The number of nitrogens with one attached hydrogen (secondary N) is 1. The molecule has 27 heavy (non-hydrogen) atoms. The standard InChI is InChI=1S/C18H12ClN3O5/c1-10-13(19)3-2-4-14(10)21-18(23)12(8-20)5-11-6-16-17(27-9-26-16)7-15(11)22(24)25/h2-7H,9H2,1H3,(H,21,23). The van der Waals surface area contributed by atoms with Crippen LogP contribution in [0.25, 0.3) is 6.08 Å². The molecule has 8 nitrogen and oxygen atoms in total. The molecule has 3 rings (SSSR count). The first-order chi connectivity index (χ1) is 12.9. The average Bonchev–Trinajstić information content (AvgIpc) is 3.09. The van der Waals surface area contributed by atoms with E-state index in [9.17, 15) is 20.2 Å². The summed E-state index contributed by atoms with van der Waals surface area (Å²) in [5, 5.41) is 23.7. The molecular formula is C18H12ClN3O5. The zero-order valence-electron chi connectivity index (χ0n) is 14.0. The van der Waals surface area contributed by atoms with Crippen LogP contribution in [0.15, 0.2) is 35.9 Å². The third kappa shape index (κ3) is 3.68. The number of carbonyl (C=O) groups is 1. The average molecular weight is 386 g/mol. The Morgan fingerprint density at radius 3 is 2.74 bits per heavy atom. The van der Waals surface area contributed by atoms with Gasteiger partial charge in [-0.05, 0) is 36.8 Å². The Morgan fingerprint density at radius 1 is 1.37 bits per heavy atom. The Morgan fingerprint density at radius 2 is 2.07 bits per heavy atom. The maximum Gasteiger partial charge on any atom is 0.280 e. The molecule has 0 saturated heterocycles. The second-order valence-electron chi connectivity index (χ2n) is 5.56. The second kappa shape index (κ2) is 7.35. The van der Waals surface area contributed by atoms with E-state index in [1.807, 2.05) is 0 Å². The third-order valence-electron chi connectivity index (χ3n) is 3.90. The van der Waals surface area contributed by atoms with Gasteiger partial charge in [0, 0.05) is 10.7 Å². The SMILES string of the molecule is Cc1c(Cl)cccc1NC(=O)C(C#N)=Cc1cc2c(cc1[N+](=O)[O-])OCO2. The maximum absolute atomic E-state index is 12.5. The van der Waals surface area contributed by atoms with Gasteiger partial charge in [-0.2, -0.15) is 5.26 Å². The lowest BCUT2D eigenvalue weighted by Gasteiger charge is -2.09. The zero-order chi connectivity index (χ0) is 19.6. The van der Waals surface area contributed by atoms with Crippen LogP contribution in [0.4, 0.5) is 11.4 Å². The molecule has 1 amide bonds. The molecular weight excluding hydrogens is 374 g/mol. The molecule has 0 radical (unpaired) electrons. The summed E-state index contributed by atoms with van der Waals surface area (Å²) in [5.41, 5.74) is 0.515. The first-order valence-corrected chi connectivity index (χ1v) is 8.05. The summed E-state index contributed by atoms with van der Waals surface area (Å²) in [5.74, 6) is -0.179. The van der Waals surface area contributed by atoms with Crippen molar-refractivity contribution >= 4 is 35.0 Å². The van der Waals surface area contributed by atoms with Crippen LogP contribution in [0, 0.1) is 28.4 Å². The first kappa shape index (κ1) is 18.2. The van der Waals surface area contributed by atoms with Gasteiger partial charge in [0.1, 0.15) is 11.6 Å². The zero-order valence-corrected chi connectivity index (χ0v) is 14.7. The van der Waals surface area contributed by atoms with Gasteiger partial charge in [0.2, 0.25) is 6.79 Å². The van der Waals surface area contributed by atoms with Gasteiger partial charge in [-0.3, -0.25) is 14.9 Å². The van der Waals surface area contributed by atoms with Crippen molar-refractivity contribution in [2.75, 3.05) is 12.1 Å². The lowest BCUT2D eigenvalue weighted by atomic mass is 10.1. The number of benzene rings is 2. The smallest absolute Gasteiger partial charge is 0.280 e. The van der Waals surface area contributed by atoms with Crippen molar-refractivity contribution in [1.29, 1.82) is 5.26 Å². The molecule has 0 bridgehead atoms. The molecule has 0 spiro atoms. The summed E-state index contributed by atoms with van der Waals surface area (Å²) in [6.07, 6.45) is 1.13. The van der Waals surface area contributed by atoms with Crippen molar-refractivity contribution in [3.63, 3.8) is 0 Å². The van der Waals surface area contributed by atoms with Gasteiger partial charge < -0.3 is 14.8 Å². The fourth-order valence-corrected chi connectivity index (χ4v) is 2.63. The number of rotatable bonds is 4. The van der Waals surface area contributed by atoms with Crippen molar-refractivity contribution in [2.24, 2.45) is 0 Å². The molecule has 1 heterocycles. The van der Waals surface area contributed by atoms with Gasteiger partial charge in [-0.25, -0.2) is 0 Å². The minimum atomic E-state index is -0.713. The Kier molecular flexibility index (Phi) is 4.96. The molecule has 136 valence electrons. The number of amides is 1. The van der Waals surface area contributed by atoms with Crippen LogP contribution in [-0.2, 0) is 4.79 Å². The van der Waals surface area contributed by atoms with E-state index in [0.717, 1.165) is 6.08 Å². The Balaban J connectivity index is 1.97. The number of halogens is 1. The topological polar surface area (TPSA) is 114 Å². The van der Waals surface area contributed by atoms with E-state index in [0.29, 0.717) is 22.0 Å². The van der Waals surface area contributed by atoms with Gasteiger partial charge in [0.05, 0.1) is 16.6 Å². The largest absolute Gasteiger partial charge is 0.454 e. The normalized spacial score (nSPS) is 12.4. The van der Waals surface area contributed by atoms with Crippen molar-refractivity contribution in [1.82, 2.24) is 0 Å². The number of hydrogen-bond donors (Lipinski definition) is 1. The Bertz CT molecular complexity index is 1030. The number of nitro groups is 1. The monoisotopic (exact) mass is 385 g/mol. The molecule has 1 aliphatic rings. The van der Waals surface area contributed by atoms with Gasteiger partial charge in [0.15, 0.2) is 11.5 Å². The van der Waals surface area contributed by atoms with Crippen LogP contribution in [-0.4, -0.2) is 17.6 Å². The van der Waals surface area contributed by atoms with E-state index in [-0.39, 0.29) is 29.4 Å². The second-order valence-corrected chi connectivity index (χ2v) is 5.96. The highest BCUT2D eigenvalue weighted by atomic mass is 35.5. The number of anilines is 1. The molecule has 9 heteroatoms. The van der Waals surface area contributed by atoms with Crippen molar-refractivity contribution in [2.45, 2.75) is 6.92 Å². The van der Waals surface area contributed by atoms with E-state index in [1.54, 1.807) is 31.2 Å². The first-order valence-electron chi connectivity index (χ1n) is 7.67. The van der Waals surface area contributed by atoms with E-state index in [4.69, 9.17) is 21.1 Å². The number of nitriles is 1. The number of carbonyl (C=O) groups excluding carboxylic acids is 1. The molecule has 1 aliphatic heterocycles. The molecule has 2 aromatic rings. The minimum absolute atomic E-state index is 0.0544. The fraction of sp³-hybridized carbons (Fsp3) is 0.111. The van der Waals surface area contributed by atoms with E-state index >= 15 is 0 Å². The molecule has 0 aromatic heterocycles. The third-order valence-corrected chi connectivity index (χ3v) is 4.31. The number of nitro benzene ring substituents is 1. The van der Waals surface area contributed by atoms with Crippen molar-refractivity contribution in [3.8, 4) is 17.6 Å². The van der Waals surface area contributed by atoms with Gasteiger partial charge >= 0.3 is 0 Å². The summed E-state index contributed by atoms with van der Waals surface area (Å²) in [6.45, 7) is 1.66. The number of fused-ring (bicyclic) bond motifs is 1. The maximum atomic E-state index is 12.5. The number of nitrogens with zero attached hydrogens (tertiary/aromatic N) is 2. The summed E-state index contributed by atoms with van der Waals surface area (Å²) in [6, 6.07) is 9.28. The van der Waals surface area contributed by atoms with Gasteiger partial charge in [-0.1, -0.05) is 17.7 Å². The van der Waals surface area contributed by atoms with E-state index in [2.05, 4.69) is 5.32 Å². The number of ether oxygens (including phenoxy) is 2. The van der Waals surface area contributed by atoms with E-state index < -0.39 is 10.8 Å². The van der Waals surface area contributed by atoms with Crippen LogP contribution >= 0.6 is 11.6 Å². The van der Waals surface area contributed by atoms with Crippen LogP contribution < -0.4 is 14.8 Å². The molecule has 1 N–H and O–H groups in total. The minimum Gasteiger partial charge on any atom is -0.454 e. The fourth-order valence-electron chi connectivity index (χ4n) is 2.46. The van der Waals surface area contributed by atoms with Crippen LogP contribution in [0.1, 0.15) is 11.1 Å². The quantitative estimate of drug-likeness (QED) is 0.370. The van der Waals surface area contributed by atoms with Crippen molar-refractivity contribution < 1.29 is 19.2 Å². The predicted molar refractivity (Wildman–Crippen MR) is 97.6 cm³/mol. The Labute approximate surface area is 158 Å². The highest BCUT2D eigenvalue weighted by molar-refractivity contribution is 6.31. The highest BCUT2D eigenvalue weighted by Gasteiger charge is 2.23.